The summed E-state index contributed by atoms with van der Waals surface area (Å²) in [7, 11) is 0. The van der Waals surface area contributed by atoms with Crippen LogP contribution < -0.4 is 5.32 Å². The van der Waals surface area contributed by atoms with Gasteiger partial charge in [0.25, 0.3) is 0 Å². The van der Waals surface area contributed by atoms with Crippen LogP contribution >= 0.6 is 0 Å². The van der Waals surface area contributed by atoms with E-state index < -0.39 is 0 Å². The Morgan fingerprint density at radius 3 is 2.68 bits per heavy atom. The maximum atomic E-state index is 11.5. The van der Waals surface area contributed by atoms with Gasteiger partial charge in [0.2, 0.25) is 0 Å². The number of nitrogens with one attached hydrogen (secondary N) is 2. The number of esters is 1. The van der Waals surface area contributed by atoms with Gasteiger partial charge < -0.3 is 15.0 Å². The Morgan fingerprint density at radius 2 is 2.11 bits per heavy atom. The molecule has 0 saturated carbocycles. The number of rotatable bonds is 5. The molecule has 0 unspecified atom stereocenters. The smallest absolute Gasteiger partial charge is 0.338 e. The van der Waals surface area contributed by atoms with Crippen LogP contribution in [0.1, 0.15) is 28.8 Å². The van der Waals surface area contributed by atoms with Crippen molar-refractivity contribution in [3.63, 3.8) is 0 Å². The van der Waals surface area contributed by atoms with E-state index >= 15 is 0 Å². The van der Waals surface area contributed by atoms with E-state index in [1.54, 1.807) is 25.3 Å². The van der Waals surface area contributed by atoms with Gasteiger partial charge in [-0.2, -0.15) is 0 Å². The van der Waals surface area contributed by atoms with Crippen LogP contribution in [0.4, 0.5) is 5.69 Å². The van der Waals surface area contributed by atoms with Gasteiger partial charge in [-0.1, -0.05) is 0 Å². The second-order valence-corrected chi connectivity index (χ2v) is 4.15. The number of hydrogen-bond donors (Lipinski definition) is 2. The van der Waals surface area contributed by atoms with Crippen LogP contribution in [0.2, 0.25) is 0 Å². The molecule has 2 rings (SSSR count). The van der Waals surface area contributed by atoms with Crippen molar-refractivity contribution in [3.8, 4) is 0 Å². The zero-order chi connectivity index (χ0) is 13.7. The molecule has 0 aliphatic carbocycles. The van der Waals surface area contributed by atoms with Crippen LogP contribution in [0.15, 0.2) is 30.5 Å². The van der Waals surface area contributed by atoms with Crippen molar-refractivity contribution in [3.05, 3.63) is 47.5 Å². The number of aromatic amines is 1. The first-order valence-corrected chi connectivity index (χ1v) is 6.20. The number of carbonyl (C=O) groups is 1. The second kappa shape index (κ2) is 6.04. The molecule has 100 valence electrons. The van der Waals surface area contributed by atoms with E-state index in [9.17, 15) is 4.79 Å². The number of imidazole rings is 1. The van der Waals surface area contributed by atoms with Gasteiger partial charge in [0.15, 0.2) is 0 Å². The van der Waals surface area contributed by atoms with E-state index in [2.05, 4.69) is 15.3 Å². The van der Waals surface area contributed by atoms with Crippen molar-refractivity contribution < 1.29 is 9.53 Å². The fourth-order valence-corrected chi connectivity index (χ4v) is 1.70. The average molecular weight is 259 g/mol. The van der Waals surface area contributed by atoms with Gasteiger partial charge in [0, 0.05) is 5.69 Å². The number of ether oxygens (including phenoxy) is 1. The number of aromatic nitrogens is 2. The molecule has 0 aliphatic heterocycles. The molecule has 5 nitrogen and oxygen atoms in total. The molecule has 0 saturated heterocycles. The van der Waals surface area contributed by atoms with Crippen molar-refractivity contribution in [2.45, 2.75) is 20.4 Å². The van der Waals surface area contributed by atoms with Crippen molar-refractivity contribution in [1.29, 1.82) is 0 Å². The standard InChI is InChI=1S/C14H17N3O2/c1-3-19-14(18)11-4-6-12(7-5-11)16-9-13-8-15-10(2)17-13/h4-8,16H,3,9H2,1-2H3,(H,15,17). The van der Waals surface area contributed by atoms with E-state index in [1.165, 1.54) is 0 Å². The number of H-pyrrole nitrogens is 1. The van der Waals surface area contributed by atoms with Crippen molar-refractivity contribution >= 4 is 11.7 Å². The predicted octanol–water partition coefficient (Wildman–Crippen LogP) is 2.51. The minimum absolute atomic E-state index is 0.293. The molecule has 0 fully saturated rings. The van der Waals surface area contributed by atoms with Crippen molar-refractivity contribution in [1.82, 2.24) is 9.97 Å². The maximum Gasteiger partial charge on any atom is 0.338 e. The van der Waals surface area contributed by atoms with Gasteiger partial charge in [0.1, 0.15) is 5.82 Å². The van der Waals surface area contributed by atoms with Crippen LogP contribution in [0.5, 0.6) is 0 Å². The van der Waals surface area contributed by atoms with Gasteiger partial charge in [-0.25, -0.2) is 9.78 Å². The fraction of sp³-hybridized carbons (Fsp3) is 0.286. The third-order valence-corrected chi connectivity index (χ3v) is 2.63. The quantitative estimate of drug-likeness (QED) is 0.810. The number of nitrogens with zero attached hydrogens (tertiary/aromatic N) is 1. The summed E-state index contributed by atoms with van der Waals surface area (Å²) in [5, 5.41) is 3.25. The molecule has 2 aromatic rings. The Morgan fingerprint density at radius 1 is 1.37 bits per heavy atom. The molecule has 0 aliphatic rings. The molecular formula is C14H17N3O2. The highest BCUT2D eigenvalue weighted by Gasteiger charge is 2.05. The molecule has 0 amide bonds. The Labute approximate surface area is 112 Å². The van der Waals surface area contributed by atoms with E-state index in [1.807, 2.05) is 19.1 Å². The highest BCUT2D eigenvalue weighted by Crippen LogP contribution is 2.11. The first-order valence-electron chi connectivity index (χ1n) is 6.20. The SMILES string of the molecule is CCOC(=O)c1ccc(NCc2cnc(C)[nH]2)cc1. The van der Waals surface area contributed by atoms with E-state index in [-0.39, 0.29) is 5.97 Å². The predicted molar refractivity (Wildman–Crippen MR) is 73.0 cm³/mol. The average Bonchev–Trinajstić information content (AvgIpc) is 2.83. The summed E-state index contributed by atoms with van der Waals surface area (Å²) < 4.78 is 4.93. The fourth-order valence-electron chi connectivity index (χ4n) is 1.70. The zero-order valence-electron chi connectivity index (χ0n) is 11.1. The molecule has 2 N–H and O–H groups in total. The molecule has 1 heterocycles. The molecule has 0 spiro atoms. The van der Waals surface area contributed by atoms with Crippen LogP contribution in [0.25, 0.3) is 0 Å². The number of hydrogen-bond acceptors (Lipinski definition) is 4. The number of carbonyl (C=O) groups excluding carboxylic acids is 1. The molecule has 1 aromatic heterocycles. The summed E-state index contributed by atoms with van der Waals surface area (Å²) in [5.74, 6) is 0.604. The van der Waals surface area contributed by atoms with Gasteiger partial charge in [0.05, 0.1) is 30.6 Å². The molecule has 1 aromatic carbocycles. The van der Waals surface area contributed by atoms with Gasteiger partial charge in [-0.3, -0.25) is 0 Å². The van der Waals surface area contributed by atoms with Crippen LogP contribution in [-0.2, 0) is 11.3 Å². The van der Waals surface area contributed by atoms with Gasteiger partial charge in [-0.05, 0) is 38.1 Å². The Balaban J connectivity index is 1.93. The highest BCUT2D eigenvalue weighted by atomic mass is 16.5. The molecular weight excluding hydrogens is 242 g/mol. The third kappa shape index (κ3) is 3.58. The van der Waals surface area contributed by atoms with Gasteiger partial charge in [-0.15, -0.1) is 0 Å². The molecule has 19 heavy (non-hydrogen) atoms. The summed E-state index contributed by atoms with van der Waals surface area (Å²) in [6.45, 7) is 4.76. The van der Waals surface area contributed by atoms with Gasteiger partial charge >= 0.3 is 5.97 Å². The molecule has 0 radical (unpaired) electrons. The molecule has 0 atom stereocenters. The van der Waals surface area contributed by atoms with Crippen LogP contribution in [0, 0.1) is 6.92 Å². The number of aryl methyl sites for hydroxylation is 1. The first-order chi connectivity index (χ1) is 9.19. The van der Waals surface area contributed by atoms with E-state index in [0.29, 0.717) is 18.7 Å². The minimum atomic E-state index is -0.293. The Bertz CT molecular complexity index is 546. The molecule has 5 heteroatoms. The summed E-state index contributed by atoms with van der Waals surface area (Å²) in [4.78, 5) is 18.8. The Hall–Kier alpha value is -2.30. The monoisotopic (exact) mass is 259 g/mol. The minimum Gasteiger partial charge on any atom is -0.462 e. The van der Waals surface area contributed by atoms with Crippen LogP contribution in [-0.4, -0.2) is 22.5 Å². The summed E-state index contributed by atoms with van der Waals surface area (Å²) >= 11 is 0. The first kappa shape index (κ1) is 13.1. The van der Waals surface area contributed by atoms with Crippen molar-refractivity contribution in [2.24, 2.45) is 0 Å². The highest BCUT2D eigenvalue weighted by molar-refractivity contribution is 5.89. The topological polar surface area (TPSA) is 67.0 Å². The third-order valence-electron chi connectivity index (χ3n) is 2.63. The lowest BCUT2D eigenvalue weighted by molar-refractivity contribution is 0.0526. The lowest BCUT2D eigenvalue weighted by atomic mass is 10.2. The largest absolute Gasteiger partial charge is 0.462 e. The second-order valence-electron chi connectivity index (χ2n) is 4.15. The number of benzene rings is 1. The summed E-state index contributed by atoms with van der Waals surface area (Å²) in [5.41, 5.74) is 2.53. The zero-order valence-corrected chi connectivity index (χ0v) is 11.1. The van der Waals surface area contributed by atoms with Crippen LogP contribution in [0.3, 0.4) is 0 Å². The summed E-state index contributed by atoms with van der Waals surface area (Å²) in [6, 6.07) is 7.21. The van der Waals surface area contributed by atoms with E-state index in [4.69, 9.17) is 4.74 Å². The van der Waals surface area contributed by atoms with E-state index in [0.717, 1.165) is 17.2 Å². The maximum absolute atomic E-state index is 11.5. The number of anilines is 1. The lowest BCUT2D eigenvalue weighted by Crippen LogP contribution is -2.05. The normalized spacial score (nSPS) is 10.2. The van der Waals surface area contributed by atoms with Crippen molar-refractivity contribution in [2.75, 3.05) is 11.9 Å². The lowest BCUT2D eigenvalue weighted by Gasteiger charge is -2.06. The Kier molecular flexibility index (Phi) is 4.18. The molecule has 0 bridgehead atoms. The summed E-state index contributed by atoms with van der Waals surface area (Å²) in [6.07, 6.45) is 1.80.